The van der Waals surface area contributed by atoms with E-state index < -0.39 is 0 Å². The van der Waals surface area contributed by atoms with Crippen LogP contribution in [0, 0.1) is 11.3 Å². The molecule has 2 amide bonds. The number of carbonyl (C=O) groups is 2. The molecule has 2 aromatic rings. The molecule has 0 bridgehead atoms. The van der Waals surface area contributed by atoms with E-state index in [9.17, 15) is 9.59 Å². The molecule has 2 saturated carbocycles. The number of carbonyl (C=O) groups excluding carboxylic acids is 2. The number of aromatic nitrogens is 1. The fraction of sp³-hybridized carbons (Fsp3) is 0.333. The summed E-state index contributed by atoms with van der Waals surface area (Å²) in [5.74, 6) is 0.719. The highest BCUT2D eigenvalue weighted by Gasteiger charge is 2.75. The van der Waals surface area contributed by atoms with Gasteiger partial charge in [-0.05, 0) is 58.5 Å². The van der Waals surface area contributed by atoms with Crippen LogP contribution in [0.15, 0.2) is 41.0 Å². The second kappa shape index (κ2) is 5.48. The summed E-state index contributed by atoms with van der Waals surface area (Å²) in [5.41, 5.74) is 2.22. The number of benzene rings is 1. The molecule has 2 fully saturated rings. The van der Waals surface area contributed by atoms with Gasteiger partial charge in [0, 0.05) is 29.9 Å². The second-order valence-corrected chi connectivity index (χ2v) is 7.72. The van der Waals surface area contributed by atoms with Crippen LogP contribution in [0.5, 0.6) is 0 Å². The average molecular weight is 388 g/mol. The van der Waals surface area contributed by atoms with E-state index in [4.69, 9.17) is 0 Å². The highest BCUT2D eigenvalue weighted by Crippen LogP contribution is 2.75. The Balaban J connectivity index is 1.41. The lowest BCUT2D eigenvalue weighted by molar-refractivity contribution is -0.133. The first kappa shape index (κ1) is 15.4. The van der Waals surface area contributed by atoms with Crippen molar-refractivity contribution in [2.75, 3.05) is 12.4 Å². The normalized spacial score (nSPS) is 23.3. The van der Waals surface area contributed by atoms with Gasteiger partial charge >= 0.3 is 0 Å². The third-order valence-electron chi connectivity index (χ3n) is 4.95. The van der Waals surface area contributed by atoms with Gasteiger partial charge in [0.1, 0.15) is 5.69 Å². The fourth-order valence-electron chi connectivity index (χ4n) is 3.22. The molecule has 0 saturated heterocycles. The lowest BCUT2D eigenvalue weighted by Gasteiger charge is -2.19. The number of aromatic amines is 1. The van der Waals surface area contributed by atoms with Gasteiger partial charge in [0.2, 0.25) is 5.91 Å². The zero-order valence-electron chi connectivity index (χ0n) is 13.3. The van der Waals surface area contributed by atoms with Crippen molar-refractivity contribution in [3.8, 4) is 0 Å². The van der Waals surface area contributed by atoms with E-state index in [1.54, 1.807) is 17.2 Å². The lowest BCUT2D eigenvalue weighted by Crippen LogP contribution is -2.30. The van der Waals surface area contributed by atoms with Gasteiger partial charge in [-0.15, -0.1) is 0 Å². The van der Waals surface area contributed by atoms with Gasteiger partial charge in [0.15, 0.2) is 0 Å². The van der Waals surface area contributed by atoms with Crippen molar-refractivity contribution in [2.24, 2.45) is 11.3 Å². The Bertz CT molecular complexity index is 823. The number of H-pyrrole nitrogens is 1. The number of hydrogen-bond donors (Lipinski definition) is 2. The van der Waals surface area contributed by atoms with E-state index in [2.05, 4.69) is 26.2 Å². The molecule has 0 unspecified atom stereocenters. The quantitative estimate of drug-likeness (QED) is 0.825. The zero-order valence-corrected chi connectivity index (χ0v) is 14.9. The summed E-state index contributed by atoms with van der Waals surface area (Å²) in [6, 6.07) is 9.35. The van der Waals surface area contributed by atoms with Crippen LogP contribution in [0.4, 0.5) is 5.69 Å². The molecule has 2 N–H and O–H groups in total. The monoisotopic (exact) mass is 387 g/mol. The van der Waals surface area contributed by atoms with Crippen molar-refractivity contribution in [1.82, 2.24) is 9.88 Å². The number of hydrogen-bond acceptors (Lipinski definition) is 2. The second-order valence-electron chi connectivity index (χ2n) is 6.81. The highest BCUT2D eigenvalue weighted by atomic mass is 79.9. The van der Waals surface area contributed by atoms with Crippen LogP contribution < -0.4 is 5.32 Å². The van der Waals surface area contributed by atoms with Crippen LogP contribution in [0.3, 0.4) is 0 Å². The summed E-state index contributed by atoms with van der Waals surface area (Å²) in [7, 11) is 1.85. The van der Waals surface area contributed by atoms with Crippen molar-refractivity contribution in [1.29, 1.82) is 0 Å². The first-order valence-electron chi connectivity index (χ1n) is 7.98. The van der Waals surface area contributed by atoms with Gasteiger partial charge < -0.3 is 15.2 Å². The van der Waals surface area contributed by atoms with Crippen molar-refractivity contribution in [3.05, 3.63) is 52.3 Å². The number of amides is 2. The van der Waals surface area contributed by atoms with Crippen LogP contribution in [0.25, 0.3) is 0 Å². The molecule has 24 heavy (non-hydrogen) atoms. The smallest absolute Gasteiger partial charge is 0.272 e. The van der Waals surface area contributed by atoms with Crippen LogP contribution >= 0.6 is 15.9 Å². The molecule has 0 aliphatic heterocycles. The molecule has 0 atom stereocenters. The van der Waals surface area contributed by atoms with E-state index in [-0.39, 0.29) is 17.2 Å². The Morgan fingerprint density at radius 1 is 1.38 bits per heavy atom. The Labute approximate surface area is 148 Å². The summed E-state index contributed by atoms with van der Waals surface area (Å²) in [6.07, 6.45) is 3.85. The number of fused-ring (bicyclic) bond motifs is 1. The molecule has 1 heterocycles. The third-order valence-corrected chi connectivity index (χ3v) is 5.41. The van der Waals surface area contributed by atoms with Gasteiger partial charge in [0.05, 0.1) is 5.41 Å². The average Bonchev–Trinajstić information content (AvgIpc) is 3.36. The van der Waals surface area contributed by atoms with Gasteiger partial charge in [-0.3, -0.25) is 9.59 Å². The topological polar surface area (TPSA) is 65.2 Å². The Kier molecular flexibility index (Phi) is 3.53. The summed E-state index contributed by atoms with van der Waals surface area (Å²) >= 11 is 3.31. The predicted octanol–water partition coefficient (Wildman–Crippen LogP) is 3.40. The first-order chi connectivity index (χ1) is 11.5. The van der Waals surface area contributed by atoms with Crippen molar-refractivity contribution in [2.45, 2.75) is 19.4 Å². The molecular weight excluding hydrogens is 370 g/mol. The Morgan fingerprint density at radius 2 is 2.12 bits per heavy atom. The molecule has 124 valence electrons. The Morgan fingerprint density at radius 3 is 2.75 bits per heavy atom. The number of halogens is 1. The van der Waals surface area contributed by atoms with Crippen LogP contribution in [0.1, 0.15) is 28.9 Å². The standard InChI is InChI=1S/C18H18BrN3O2/c1-22(17(24)18-7-12(18)8-18)10-11-3-2-4-14(5-11)21-16(23)15-6-13(19)9-20-15/h2-6,9,12,20H,7-8,10H2,1H3,(H,21,23). The van der Waals surface area contributed by atoms with Crippen molar-refractivity contribution >= 4 is 33.4 Å². The maximum absolute atomic E-state index is 12.4. The molecule has 1 aromatic heterocycles. The zero-order chi connectivity index (χ0) is 16.9. The summed E-state index contributed by atoms with van der Waals surface area (Å²) < 4.78 is 0.833. The number of nitrogens with zero attached hydrogens (tertiary/aromatic N) is 1. The van der Waals surface area contributed by atoms with E-state index in [0.29, 0.717) is 18.2 Å². The minimum absolute atomic E-state index is 0.00157. The molecule has 0 radical (unpaired) electrons. The lowest BCUT2D eigenvalue weighted by atomic mass is 10.1. The molecule has 5 nitrogen and oxygen atoms in total. The van der Waals surface area contributed by atoms with Crippen LogP contribution in [-0.4, -0.2) is 28.7 Å². The molecule has 2 aliphatic rings. The van der Waals surface area contributed by atoms with E-state index in [0.717, 1.165) is 28.6 Å². The van der Waals surface area contributed by atoms with Crippen LogP contribution in [0.2, 0.25) is 0 Å². The summed E-state index contributed by atoms with van der Waals surface area (Å²) in [5, 5.41) is 2.87. The fourth-order valence-corrected chi connectivity index (χ4v) is 3.57. The maximum Gasteiger partial charge on any atom is 0.272 e. The van der Waals surface area contributed by atoms with Gasteiger partial charge in [-0.1, -0.05) is 12.1 Å². The molecule has 0 spiro atoms. The van der Waals surface area contributed by atoms with Gasteiger partial charge in [-0.2, -0.15) is 0 Å². The number of rotatable bonds is 5. The SMILES string of the molecule is CN(Cc1cccc(NC(=O)c2cc(Br)c[nH]2)c1)C(=O)C12CC1C2. The van der Waals surface area contributed by atoms with E-state index >= 15 is 0 Å². The van der Waals surface area contributed by atoms with Crippen LogP contribution in [-0.2, 0) is 11.3 Å². The Hall–Kier alpha value is -2.08. The number of anilines is 1. The van der Waals surface area contributed by atoms with Crippen molar-refractivity contribution in [3.63, 3.8) is 0 Å². The molecule has 1 aromatic carbocycles. The predicted molar refractivity (Wildman–Crippen MR) is 94.5 cm³/mol. The van der Waals surface area contributed by atoms with Gasteiger partial charge in [0.25, 0.3) is 5.91 Å². The minimum atomic E-state index is -0.194. The largest absolute Gasteiger partial charge is 0.356 e. The number of nitrogens with one attached hydrogen (secondary N) is 2. The first-order valence-corrected chi connectivity index (χ1v) is 8.77. The molecule has 4 rings (SSSR count). The maximum atomic E-state index is 12.4. The minimum Gasteiger partial charge on any atom is -0.356 e. The summed E-state index contributed by atoms with van der Waals surface area (Å²) in [4.78, 5) is 29.3. The van der Waals surface area contributed by atoms with Crippen molar-refractivity contribution < 1.29 is 9.59 Å². The highest BCUT2D eigenvalue weighted by molar-refractivity contribution is 9.10. The van der Waals surface area contributed by atoms with E-state index in [1.807, 2.05) is 31.3 Å². The molecule has 2 aliphatic carbocycles. The molecule has 6 heteroatoms. The molecular formula is C18H18BrN3O2. The van der Waals surface area contributed by atoms with E-state index in [1.165, 1.54) is 0 Å². The van der Waals surface area contributed by atoms with Gasteiger partial charge in [-0.25, -0.2) is 0 Å². The summed E-state index contributed by atoms with van der Waals surface area (Å²) in [6.45, 7) is 0.561. The third kappa shape index (κ3) is 2.75.